The fourth-order valence-electron chi connectivity index (χ4n) is 0.702. The SMILES string of the molecule is C=C([Se]CCCC)[Te]CCCC. The summed E-state index contributed by atoms with van der Waals surface area (Å²) in [5.74, 6) is 0. The first-order chi connectivity index (χ1) is 5.81. The summed E-state index contributed by atoms with van der Waals surface area (Å²) in [4.78, 5) is 0. The van der Waals surface area contributed by atoms with E-state index < -0.39 is 0 Å². The van der Waals surface area contributed by atoms with Gasteiger partial charge in [-0.2, -0.15) is 0 Å². The molecule has 0 nitrogen and oxygen atoms in total. The van der Waals surface area contributed by atoms with E-state index in [2.05, 4.69) is 20.4 Å². The molecule has 0 saturated carbocycles. The summed E-state index contributed by atoms with van der Waals surface area (Å²) in [6.45, 7) is 8.73. The van der Waals surface area contributed by atoms with Crippen molar-refractivity contribution in [2.75, 3.05) is 0 Å². The van der Waals surface area contributed by atoms with Gasteiger partial charge in [0.2, 0.25) is 0 Å². The number of hydrogen-bond donors (Lipinski definition) is 0. The topological polar surface area (TPSA) is 0 Å². The Kier molecular flexibility index (Phi) is 11.0. The van der Waals surface area contributed by atoms with Crippen LogP contribution in [0.3, 0.4) is 0 Å². The Morgan fingerprint density at radius 2 is 1.92 bits per heavy atom. The molecule has 0 saturated heterocycles. The van der Waals surface area contributed by atoms with Crippen LogP contribution in [0.2, 0.25) is 9.79 Å². The first kappa shape index (κ1) is 13.0. The van der Waals surface area contributed by atoms with Crippen molar-refractivity contribution in [3.05, 3.63) is 9.10 Å². The van der Waals surface area contributed by atoms with Gasteiger partial charge in [-0.1, -0.05) is 0 Å². The molecule has 0 fully saturated rings. The Balaban J connectivity index is 3.10. The van der Waals surface area contributed by atoms with Crippen molar-refractivity contribution >= 4 is 35.9 Å². The first-order valence-electron chi connectivity index (χ1n) is 4.75. The van der Waals surface area contributed by atoms with Gasteiger partial charge in [0.1, 0.15) is 0 Å². The van der Waals surface area contributed by atoms with Gasteiger partial charge in [0.25, 0.3) is 0 Å². The van der Waals surface area contributed by atoms with E-state index in [1.807, 2.05) is 0 Å². The molecule has 0 unspecified atom stereocenters. The molecule has 0 aromatic carbocycles. The van der Waals surface area contributed by atoms with Crippen molar-refractivity contribution in [3.8, 4) is 0 Å². The van der Waals surface area contributed by atoms with Gasteiger partial charge in [0.05, 0.1) is 0 Å². The van der Waals surface area contributed by atoms with E-state index in [1.54, 1.807) is 2.52 Å². The zero-order valence-corrected chi connectivity index (χ0v) is 12.3. The molecule has 0 spiro atoms. The Bertz CT molecular complexity index is 100. The molecule has 0 atom stereocenters. The third kappa shape index (κ3) is 9.14. The van der Waals surface area contributed by atoms with Crippen LogP contribution in [0.1, 0.15) is 39.5 Å². The number of hydrogen-bond acceptors (Lipinski definition) is 0. The average molecular weight is 347 g/mol. The summed E-state index contributed by atoms with van der Waals surface area (Å²) in [5.41, 5.74) is 0. The van der Waals surface area contributed by atoms with Crippen molar-refractivity contribution in [1.29, 1.82) is 0 Å². The van der Waals surface area contributed by atoms with E-state index in [-0.39, 0.29) is 20.9 Å². The summed E-state index contributed by atoms with van der Waals surface area (Å²) < 4.78 is 3.16. The van der Waals surface area contributed by atoms with Gasteiger partial charge >= 0.3 is 94.3 Å². The van der Waals surface area contributed by atoms with Gasteiger partial charge in [0.15, 0.2) is 0 Å². The van der Waals surface area contributed by atoms with Crippen molar-refractivity contribution in [2.45, 2.75) is 49.3 Å². The molecule has 0 radical (unpaired) electrons. The molecule has 0 aromatic heterocycles. The zero-order valence-electron chi connectivity index (χ0n) is 8.27. The van der Waals surface area contributed by atoms with Crippen LogP contribution in [0.15, 0.2) is 9.10 Å². The second kappa shape index (κ2) is 10.1. The minimum atomic E-state index is 0.204. The van der Waals surface area contributed by atoms with Gasteiger partial charge in [-0.3, -0.25) is 0 Å². The van der Waals surface area contributed by atoms with Crippen LogP contribution in [-0.2, 0) is 0 Å². The summed E-state index contributed by atoms with van der Waals surface area (Å²) in [5, 5.41) is 1.44. The average Bonchev–Trinajstić information content (AvgIpc) is 2.06. The van der Waals surface area contributed by atoms with Crippen LogP contribution in [0.5, 0.6) is 0 Å². The molecule has 2 heteroatoms. The Hall–Kier alpha value is 1.05. The van der Waals surface area contributed by atoms with Gasteiger partial charge in [0, 0.05) is 0 Å². The molecule has 0 aliphatic rings. The normalized spacial score (nSPS) is 10.2. The third-order valence-corrected chi connectivity index (χ3v) is 8.96. The zero-order chi connectivity index (χ0) is 9.23. The van der Waals surface area contributed by atoms with Gasteiger partial charge in [-0.15, -0.1) is 0 Å². The fraction of sp³-hybridized carbons (Fsp3) is 0.800. The van der Waals surface area contributed by atoms with E-state index in [9.17, 15) is 0 Å². The maximum atomic E-state index is 4.18. The molecule has 0 amide bonds. The molecule has 0 aliphatic heterocycles. The number of rotatable bonds is 8. The van der Waals surface area contributed by atoms with Crippen molar-refractivity contribution in [2.24, 2.45) is 0 Å². The van der Waals surface area contributed by atoms with Crippen LogP contribution in [0.4, 0.5) is 0 Å². The molecule has 0 aromatic rings. The number of unbranched alkanes of at least 4 members (excludes halogenated alkanes) is 2. The van der Waals surface area contributed by atoms with Gasteiger partial charge in [-0.05, 0) is 0 Å². The molecule has 0 rings (SSSR count). The molecule has 0 bridgehead atoms. The second-order valence-electron chi connectivity index (χ2n) is 2.78. The second-order valence-corrected chi connectivity index (χ2v) is 10.5. The van der Waals surface area contributed by atoms with Crippen LogP contribution in [0, 0.1) is 0 Å². The van der Waals surface area contributed by atoms with Crippen LogP contribution < -0.4 is 0 Å². The van der Waals surface area contributed by atoms with Crippen LogP contribution >= 0.6 is 0 Å². The Morgan fingerprint density at radius 3 is 2.50 bits per heavy atom. The third-order valence-electron chi connectivity index (χ3n) is 1.52. The molecule has 0 heterocycles. The molecule has 0 aliphatic carbocycles. The monoisotopic (exact) mass is 350 g/mol. The van der Waals surface area contributed by atoms with E-state index in [0.29, 0.717) is 0 Å². The first-order valence-corrected chi connectivity index (χ1v) is 9.63. The van der Waals surface area contributed by atoms with Gasteiger partial charge < -0.3 is 0 Å². The van der Waals surface area contributed by atoms with Crippen molar-refractivity contribution < 1.29 is 0 Å². The van der Waals surface area contributed by atoms with Crippen molar-refractivity contribution in [1.82, 2.24) is 0 Å². The van der Waals surface area contributed by atoms with Crippen LogP contribution in [-0.4, -0.2) is 35.9 Å². The molecule has 0 N–H and O–H groups in total. The summed E-state index contributed by atoms with van der Waals surface area (Å²) in [7, 11) is 0. The standard InChI is InChI=1S/C10H20SeTe/c1-4-6-8-11-10(3)12-9-7-5-2/h3-9H2,1-2H3. The van der Waals surface area contributed by atoms with E-state index >= 15 is 0 Å². The maximum absolute atomic E-state index is 4.18. The Morgan fingerprint density at radius 1 is 1.25 bits per heavy atom. The van der Waals surface area contributed by atoms with Gasteiger partial charge in [-0.25, -0.2) is 0 Å². The molecule has 72 valence electrons. The summed E-state index contributed by atoms with van der Waals surface area (Å²) in [6, 6.07) is 0. The predicted molar refractivity (Wildman–Crippen MR) is 60.1 cm³/mol. The van der Waals surface area contributed by atoms with Crippen molar-refractivity contribution in [3.63, 3.8) is 0 Å². The van der Waals surface area contributed by atoms with E-state index in [0.717, 1.165) is 15.0 Å². The Labute approximate surface area is 93.8 Å². The van der Waals surface area contributed by atoms with E-state index in [4.69, 9.17) is 0 Å². The minimum absolute atomic E-state index is 0.204. The summed E-state index contributed by atoms with van der Waals surface area (Å²) >= 11 is 1.00. The molecular formula is C10H20SeTe. The fourth-order valence-corrected chi connectivity index (χ4v) is 7.79. The molecule has 12 heavy (non-hydrogen) atoms. The van der Waals surface area contributed by atoms with Crippen LogP contribution in [0.25, 0.3) is 0 Å². The van der Waals surface area contributed by atoms with E-state index in [1.165, 1.54) is 35.5 Å². The quantitative estimate of drug-likeness (QED) is 0.467. The summed E-state index contributed by atoms with van der Waals surface area (Å²) in [6.07, 6.45) is 5.56. The predicted octanol–water partition coefficient (Wildman–Crippen LogP) is 3.30. The molecular weight excluding hydrogens is 327 g/mol.